The van der Waals surface area contributed by atoms with Gasteiger partial charge in [-0.25, -0.2) is 23.9 Å². The fourth-order valence-electron chi connectivity index (χ4n) is 2.68. The third-order valence-corrected chi connectivity index (χ3v) is 4.18. The van der Waals surface area contributed by atoms with Crippen LogP contribution in [0.25, 0.3) is 0 Å². The smallest absolute Gasteiger partial charge is 0.412 e. The van der Waals surface area contributed by atoms with Gasteiger partial charge in [0.1, 0.15) is 12.4 Å². The van der Waals surface area contributed by atoms with Crippen LogP contribution in [0.2, 0.25) is 0 Å². The number of ether oxygens (including phenoxy) is 2. The van der Waals surface area contributed by atoms with Crippen molar-refractivity contribution in [1.82, 2.24) is 9.97 Å². The quantitative estimate of drug-likeness (QED) is 0.443. The number of aromatic nitrogens is 2. The molecule has 3 N–H and O–H groups in total. The summed E-state index contributed by atoms with van der Waals surface area (Å²) >= 11 is 0. The van der Waals surface area contributed by atoms with Crippen LogP contribution < -0.4 is 16.0 Å². The molecule has 3 aromatic rings. The van der Waals surface area contributed by atoms with E-state index in [1.165, 1.54) is 30.6 Å². The summed E-state index contributed by atoms with van der Waals surface area (Å²) in [5, 5.41) is 7.97. The minimum atomic E-state index is -0.634. The summed E-state index contributed by atoms with van der Waals surface area (Å²) in [6.07, 6.45) is 1.27. The lowest BCUT2D eigenvalue weighted by molar-refractivity contribution is 0.130. The van der Waals surface area contributed by atoms with Crippen molar-refractivity contribution in [3.8, 4) is 0 Å². The Balaban J connectivity index is 1.50. The molecule has 0 spiro atoms. The molecule has 2 aromatic carbocycles. The number of nitrogens with zero attached hydrogens (tertiary/aromatic N) is 2. The Kier molecular flexibility index (Phi) is 8.12. The molecule has 0 saturated heterocycles. The molecule has 0 aliphatic carbocycles. The maximum absolute atomic E-state index is 14.1. The molecule has 0 radical (unpaired) electrons. The first-order chi connectivity index (χ1) is 15.9. The van der Waals surface area contributed by atoms with E-state index in [0.717, 1.165) is 5.56 Å². The Bertz CT molecular complexity index is 1080. The van der Waals surface area contributed by atoms with Gasteiger partial charge in [-0.3, -0.25) is 10.6 Å². The number of carbonyl (C=O) groups is 2. The molecular weight excluding hydrogens is 429 g/mol. The van der Waals surface area contributed by atoms with Crippen molar-refractivity contribution in [1.29, 1.82) is 0 Å². The van der Waals surface area contributed by atoms with Crippen LogP contribution in [0, 0.1) is 5.82 Å². The topological polar surface area (TPSA) is 114 Å². The van der Waals surface area contributed by atoms with E-state index < -0.39 is 18.0 Å². The number of halogens is 1. The zero-order valence-electron chi connectivity index (χ0n) is 18.2. The Hall–Kier alpha value is -4.21. The molecule has 0 aliphatic heterocycles. The van der Waals surface area contributed by atoms with Crippen LogP contribution in [0.4, 0.5) is 31.3 Å². The molecular formula is C23H24FN5O4. The lowest BCUT2D eigenvalue weighted by Crippen LogP contribution is -2.18. The van der Waals surface area contributed by atoms with Crippen LogP contribution in [-0.4, -0.2) is 28.3 Å². The van der Waals surface area contributed by atoms with Crippen molar-refractivity contribution in [3.63, 3.8) is 0 Å². The van der Waals surface area contributed by atoms with Crippen LogP contribution in [0.5, 0.6) is 0 Å². The molecule has 9 nitrogen and oxygen atoms in total. The van der Waals surface area contributed by atoms with Gasteiger partial charge in [0.25, 0.3) is 0 Å². The molecule has 3 rings (SSSR count). The minimum absolute atomic E-state index is 0.0759. The molecule has 2 amide bonds. The average molecular weight is 453 g/mol. The molecule has 0 bridgehead atoms. The van der Waals surface area contributed by atoms with Crippen molar-refractivity contribution in [2.24, 2.45) is 0 Å². The van der Waals surface area contributed by atoms with Gasteiger partial charge in [0.05, 0.1) is 24.2 Å². The van der Waals surface area contributed by atoms with Crippen LogP contribution in [0.1, 0.15) is 25.0 Å². The number of nitrogens with one attached hydrogen (secondary N) is 3. The highest BCUT2D eigenvalue weighted by Gasteiger charge is 2.10. The second-order valence-corrected chi connectivity index (χ2v) is 7.22. The monoisotopic (exact) mass is 453 g/mol. The van der Waals surface area contributed by atoms with Crippen molar-refractivity contribution < 1.29 is 23.5 Å². The zero-order chi connectivity index (χ0) is 23.6. The first kappa shape index (κ1) is 23.5. The van der Waals surface area contributed by atoms with Gasteiger partial charge < -0.3 is 14.8 Å². The highest BCUT2D eigenvalue weighted by molar-refractivity contribution is 5.85. The van der Waals surface area contributed by atoms with E-state index in [9.17, 15) is 14.0 Å². The molecule has 33 heavy (non-hydrogen) atoms. The Morgan fingerprint density at radius 1 is 0.970 bits per heavy atom. The number of hydrogen-bond donors (Lipinski definition) is 3. The largest absolute Gasteiger partial charge is 0.447 e. The fourth-order valence-corrected chi connectivity index (χ4v) is 2.68. The van der Waals surface area contributed by atoms with Crippen LogP contribution in [0.3, 0.4) is 0 Å². The minimum Gasteiger partial charge on any atom is -0.447 e. The van der Waals surface area contributed by atoms with E-state index in [2.05, 4.69) is 25.9 Å². The second-order valence-electron chi connectivity index (χ2n) is 7.22. The van der Waals surface area contributed by atoms with Crippen molar-refractivity contribution >= 4 is 29.5 Å². The van der Waals surface area contributed by atoms with Crippen molar-refractivity contribution in [2.75, 3.05) is 16.0 Å². The molecule has 10 heteroatoms. The number of rotatable bonds is 8. The number of hydrogen-bond acceptors (Lipinski definition) is 7. The number of benzene rings is 2. The molecule has 172 valence electrons. The van der Waals surface area contributed by atoms with Crippen LogP contribution >= 0.6 is 0 Å². The first-order valence-electron chi connectivity index (χ1n) is 10.2. The summed E-state index contributed by atoms with van der Waals surface area (Å²) < 4.78 is 24.3. The summed E-state index contributed by atoms with van der Waals surface area (Å²) in [4.78, 5) is 31.8. The highest BCUT2D eigenvalue weighted by Crippen LogP contribution is 2.17. The summed E-state index contributed by atoms with van der Waals surface area (Å²) in [6, 6.07) is 13.5. The number of anilines is 3. The van der Waals surface area contributed by atoms with E-state index in [-0.39, 0.29) is 25.2 Å². The maximum atomic E-state index is 14.1. The van der Waals surface area contributed by atoms with Crippen molar-refractivity contribution in [3.05, 3.63) is 77.9 Å². The van der Waals surface area contributed by atoms with Gasteiger partial charge in [-0.05, 0) is 37.6 Å². The molecule has 1 heterocycles. The summed E-state index contributed by atoms with van der Waals surface area (Å²) in [6.45, 7) is 3.68. The standard InChI is InChI=1S/C23H24FN5O4/c1-15(2)33-23(31)28-18-8-9-20(24)17(10-18)11-25-21-26-12-19(13-27-21)29-22(30)32-14-16-6-4-3-5-7-16/h3-10,12-13,15H,11,14H2,1-2H3,(H,28,31)(H,29,30)(H,25,26,27). The van der Waals surface area contributed by atoms with Gasteiger partial charge in [0, 0.05) is 17.8 Å². The second kappa shape index (κ2) is 11.4. The molecule has 0 aliphatic rings. The van der Waals surface area contributed by atoms with Gasteiger partial charge >= 0.3 is 12.2 Å². The fraction of sp³-hybridized carbons (Fsp3) is 0.217. The van der Waals surface area contributed by atoms with Gasteiger partial charge in [0.15, 0.2) is 0 Å². The lowest BCUT2D eigenvalue weighted by Gasteiger charge is -2.12. The third-order valence-electron chi connectivity index (χ3n) is 4.18. The molecule has 1 aromatic heterocycles. The van der Waals surface area contributed by atoms with E-state index in [1.807, 2.05) is 30.3 Å². The Morgan fingerprint density at radius 2 is 1.67 bits per heavy atom. The maximum Gasteiger partial charge on any atom is 0.412 e. The Labute approximate surface area is 190 Å². The van der Waals surface area contributed by atoms with E-state index in [1.54, 1.807) is 13.8 Å². The summed E-state index contributed by atoms with van der Waals surface area (Å²) in [5.74, 6) is -0.222. The molecule has 0 fully saturated rings. The molecule has 0 atom stereocenters. The predicted molar refractivity (Wildman–Crippen MR) is 121 cm³/mol. The first-order valence-corrected chi connectivity index (χ1v) is 10.2. The normalized spacial score (nSPS) is 10.4. The SMILES string of the molecule is CC(C)OC(=O)Nc1ccc(F)c(CNc2ncc(NC(=O)OCc3ccccc3)cn2)c1. The van der Waals surface area contributed by atoms with Crippen molar-refractivity contribution in [2.45, 2.75) is 33.1 Å². The number of carbonyl (C=O) groups excluding carboxylic acids is 2. The van der Waals surface area contributed by atoms with E-state index >= 15 is 0 Å². The zero-order valence-corrected chi connectivity index (χ0v) is 18.2. The summed E-state index contributed by atoms with van der Waals surface area (Å²) in [5.41, 5.74) is 1.91. The third kappa shape index (κ3) is 7.76. The van der Waals surface area contributed by atoms with Gasteiger partial charge in [-0.1, -0.05) is 30.3 Å². The van der Waals surface area contributed by atoms with Gasteiger partial charge in [-0.2, -0.15) is 0 Å². The van der Waals surface area contributed by atoms with Crippen LogP contribution in [-0.2, 0) is 22.6 Å². The summed E-state index contributed by atoms with van der Waals surface area (Å²) in [7, 11) is 0. The molecule has 0 saturated carbocycles. The van der Waals surface area contributed by atoms with Gasteiger partial charge in [0.2, 0.25) is 5.95 Å². The van der Waals surface area contributed by atoms with Crippen LogP contribution in [0.15, 0.2) is 60.9 Å². The van der Waals surface area contributed by atoms with Gasteiger partial charge in [-0.15, -0.1) is 0 Å². The highest BCUT2D eigenvalue weighted by atomic mass is 19.1. The lowest BCUT2D eigenvalue weighted by atomic mass is 10.2. The van der Waals surface area contributed by atoms with E-state index in [0.29, 0.717) is 16.9 Å². The number of amides is 2. The Morgan fingerprint density at radius 3 is 2.36 bits per heavy atom. The predicted octanol–water partition coefficient (Wildman–Crippen LogP) is 4.93. The molecule has 0 unspecified atom stereocenters. The van der Waals surface area contributed by atoms with E-state index in [4.69, 9.17) is 9.47 Å². The average Bonchev–Trinajstić information content (AvgIpc) is 2.79.